The van der Waals surface area contributed by atoms with Crippen LogP contribution in [-0.4, -0.2) is 54.9 Å². The first-order valence-corrected chi connectivity index (χ1v) is 13.4. The van der Waals surface area contributed by atoms with Crippen LogP contribution in [-0.2, 0) is 33.1 Å². The van der Waals surface area contributed by atoms with Gasteiger partial charge in [0.15, 0.2) is 0 Å². The summed E-state index contributed by atoms with van der Waals surface area (Å²) >= 11 is 6.21. The van der Waals surface area contributed by atoms with E-state index in [0.29, 0.717) is 24.5 Å². The van der Waals surface area contributed by atoms with Gasteiger partial charge < -0.3 is 20.1 Å². The summed E-state index contributed by atoms with van der Waals surface area (Å²) in [6.45, 7) is 1.35. The second-order valence-corrected chi connectivity index (χ2v) is 11.9. The molecule has 5 rings (SSSR count). The number of amides is 3. The van der Waals surface area contributed by atoms with Crippen molar-refractivity contribution < 1.29 is 18.0 Å². The zero-order chi connectivity index (χ0) is 24.3. The Bertz CT molecular complexity index is 1430. The standard InChI is InChI=1S/C24H25ClN4O4S/c1-34(32,33)10-4-9-28-18(12-16-11-17(25)7-8-20(16)28)13-29-21-6-3-2-5-19(21)24(22(29)30)14-27(15-24)23(26)31/h2-3,5-8,11-12H,4,9-10,13-15H2,1H3,(H2,26,31). The smallest absolute Gasteiger partial charge is 0.314 e. The summed E-state index contributed by atoms with van der Waals surface area (Å²) in [6, 6.07) is 14.7. The van der Waals surface area contributed by atoms with Crippen molar-refractivity contribution >= 4 is 50.0 Å². The molecule has 0 atom stereocenters. The number of rotatable bonds is 6. The van der Waals surface area contributed by atoms with Crippen molar-refractivity contribution in [3.63, 3.8) is 0 Å². The number of hydrogen-bond donors (Lipinski definition) is 1. The molecule has 0 unspecified atom stereocenters. The second-order valence-electron chi connectivity index (χ2n) is 9.16. The predicted molar refractivity (Wildman–Crippen MR) is 132 cm³/mol. The number of aromatic nitrogens is 1. The Morgan fingerprint density at radius 3 is 2.59 bits per heavy atom. The maximum atomic E-state index is 13.7. The number of fused-ring (bicyclic) bond motifs is 3. The minimum atomic E-state index is -3.09. The van der Waals surface area contributed by atoms with E-state index in [2.05, 4.69) is 4.57 Å². The fourth-order valence-electron chi connectivity index (χ4n) is 5.16. The van der Waals surface area contributed by atoms with Crippen LogP contribution in [0.1, 0.15) is 17.7 Å². The Morgan fingerprint density at radius 2 is 1.88 bits per heavy atom. The summed E-state index contributed by atoms with van der Waals surface area (Å²) in [6.07, 6.45) is 1.69. The van der Waals surface area contributed by atoms with E-state index in [-0.39, 0.29) is 24.7 Å². The molecule has 10 heteroatoms. The zero-order valence-corrected chi connectivity index (χ0v) is 20.3. The van der Waals surface area contributed by atoms with Gasteiger partial charge in [-0.2, -0.15) is 0 Å². The number of hydrogen-bond acceptors (Lipinski definition) is 4. The van der Waals surface area contributed by atoms with Gasteiger partial charge in [-0.05, 0) is 42.3 Å². The van der Waals surface area contributed by atoms with Crippen LogP contribution in [0.25, 0.3) is 10.9 Å². The molecule has 2 N–H and O–H groups in total. The molecule has 2 aliphatic rings. The Hall–Kier alpha value is -3.04. The van der Waals surface area contributed by atoms with E-state index in [1.165, 1.54) is 11.2 Å². The molecule has 0 bridgehead atoms. The van der Waals surface area contributed by atoms with Gasteiger partial charge in [0.2, 0.25) is 5.91 Å². The maximum absolute atomic E-state index is 13.7. The fourth-order valence-corrected chi connectivity index (χ4v) is 6.00. The highest BCUT2D eigenvalue weighted by Crippen LogP contribution is 2.47. The number of nitrogens with two attached hydrogens (primary N) is 1. The molecule has 178 valence electrons. The van der Waals surface area contributed by atoms with Crippen molar-refractivity contribution in [2.75, 3.05) is 30.0 Å². The highest BCUT2D eigenvalue weighted by Gasteiger charge is 2.58. The van der Waals surface area contributed by atoms with Crippen molar-refractivity contribution in [2.24, 2.45) is 5.73 Å². The molecule has 3 heterocycles. The van der Waals surface area contributed by atoms with Crippen molar-refractivity contribution in [3.8, 4) is 0 Å². The third kappa shape index (κ3) is 3.73. The number of halogens is 1. The monoisotopic (exact) mass is 500 g/mol. The van der Waals surface area contributed by atoms with Gasteiger partial charge in [0.05, 0.1) is 12.3 Å². The van der Waals surface area contributed by atoms with Gasteiger partial charge in [0.1, 0.15) is 15.3 Å². The van der Waals surface area contributed by atoms with Crippen molar-refractivity contribution in [3.05, 3.63) is 64.8 Å². The number of para-hydroxylation sites is 1. The summed E-state index contributed by atoms with van der Waals surface area (Å²) in [5.41, 5.74) is 8.20. The number of carbonyl (C=O) groups is 2. The number of carbonyl (C=O) groups excluding carboxylic acids is 2. The first-order chi connectivity index (χ1) is 16.1. The molecule has 0 aliphatic carbocycles. The molecule has 3 amide bonds. The van der Waals surface area contributed by atoms with Crippen LogP contribution in [0.15, 0.2) is 48.5 Å². The van der Waals surface area contributed by atoms with Gasteiger partial charge in [0, 0.05) is 53.2 Å². The molecule has 1 aromatic heterocycles. The van der Waals surface area contributed by atoms with E-state index in [1.807, 2.05) is 42.5 Å². The van der Waals surface area contributed by atoms with E-state index in [9.17, 15) is 18.0 Å². The summed E-state index contributed by atoms with van der Waals surface area (Å²) in [5.74, 6) is 0.0224. The maximum Gasteiger partial charge on any atom is 0.314 e. The third-order valence-corrected chi connectivity index (χ3v) is 8.03. The molecular formula is C24H25ClN4O4S. The number of nitrogens with zero attached hydrogens (tertiary/aromatic N) is 3. The minimum Gasteiger partial charge on any atom is -0.351 e. The topological polar surface area (TPSA) is 106 Å². The van der Waals surface area contributed by atoms with Gasteiger partial charge in [-0.3, -0.25) is 4.79 Å². The van der Waals surface area contributed by atoms with E-state index in [0.717, 1.165) is 27.8 Å². The first kappa shape index (κ1) is 22.7. The SMILES string of the molecule is CS(=O)(=O)CCCn1c(CN2C(=O)C3(CN(C(N)=O)C3)c3ccccc32)cc2cc(Cl)ccc21. The quantitative estimate of drug-likeness (QED) is 0.561. The number of likely N-dealkylation sites (tertiary alicyclic amines) is 1. The first-order valence-electron chi connectivity index (χ1n) is 11.0. The Kier molecular flexibility index (Phi) is 5.37. The molecule has 2 aromatic carbocycles. The van der Waals surface area contributed by atoms with Crippen LogP contribution in [0.5, 0.6) is 0 Å². The lowest BCUT2D eigenvalue weighted by Gasteiger charge is -2.45. The van der Waals surface area contributed by atoms with Crippen LogP contribution in [0, 0.1) is 0 Å². The summed E-state index contributed by atoms with van der Waals surface area (Å²) in [4.78, 5) is 28.6. The van der Waals surface area contributed by atoms with Crippen LogP contribution < -0.4 is 10.6 Å². The van der Waals surface area contributed by atoms with E-state index in [4.69, 9.17) is 17.3 Å². The lowest BCUT2D eigenvalue weighted by molar-refractivity contribution is -0.127. The van der Waals surface area contributed by atoms with Crippen molar-refractivity contribution in [1.82, 2.24) is 9.47 Å². The Labute approximate surface area is 202 Å². The van der Waals surface area contributed by atoms with Gasteiger partial charge >= 0.3 is 6.03 Å². The van der Waals surface area contributed by atoms with Crippen LogP contribution in [0.4, 0.5) is 10.5 Å². The molecule has 34 heavy (non-hydrogen) atoms. The average molecular weight is 501 g/mol. The Balaban J connectivity index is 1.51. The molecule has 1 spiro atoms. The van der Waals surface area contributed by atoms with Crippen LogP contribution in [0.2, 0.25) is 5.02 Å². The number of sulfone groups is 1. The summed E-state index contributed by atoms with van der Waals surface area (Å²) in [7, 11) is -3.09. The number of benzene rings is 2. The van der Waals surface area contributed by atoms with Crippen molar-refractivity contribution in [1.29, 1.82) is 0 Å². The highest BCUT2D eigenvalue weighted by atomic mass is 35.5. The zero-order valence-electron chi connectivity index (χ0n) is 18.7. The third-order valence-electron chi connectivity index (χ3n) is 6.76. The number of anilines is 1. The average Bonchev–Trinajstić information content (AvgIpc) is 3.18. The fraction of sp³-hybridized carbons (Fsp3) is 0.333. The summed E-state index contributed by atoms with van der Waals surface area (Å²) < 4.78 is 25.4. The van der Waals surface area contributed by atoms with Crippen molar-refractivity contribution in [2.45, 2.75) is 24.9 Å². The number of urea groups is 1. The normalized spacial score (nSPS) is 16.8. The molecule has 0 saturated carbocycles. The molecule has 1 saturated heterocycles. The lowest BCUT2D eigenvalue weighted by atomic mass is 9.75. The number of aryl methyl sites for hydroxylation is 1. The molecule has 2 aliphatic heterocycles. The van der Waals surface area contributed by atoms with E-state index >= 15 is 0 Å². The largest absolute Gasteiger partial charge is 0.351 e. The van der Waals surface area contributed by atoms with Gasteiger partial charge in [-0.1, -0.05) is 29.8 Å². The minimum absolute atomic E-state index is 0.0582. The van der Waals surface area contributed by atoms with E-state index in [1.54, 1.807) is 11.0 Å². The van der Waals surface area contributed by atoms with Gasteiger partial charge in [-0.25, -0.2) is 13.2 Å². The molecular weight excluding hydrogens is 476 g/mol. The predicted octanol–water partition coefficient (Wildman–Crippen LogP) is 2.91. The summed E-state index contributed by atoms with van der Waals surface area (Å²) in [5, 5.41) is 1.54. The van der Waals surface area contributed by atoms with Crippen LogP contribution in [0.3, 0.4) is 0 Å². The lowest BCUT2D eigenvalue weighted by Crippen LogP contribution is -2.66. The van der Waals surface area contributed by atoms with Gasteiger partial charge in [0.25, 0.3) is 0 Å². The molecule has 3 aromatic rings. The van der Waals surface area contributed by atoms with E-state index < -0.39 is 21.3 Å². The molecule has 0 radical (unpaired) electrons. The molecule has 8 nitrogen and oxygen atoms in total. The number of primary amides is 1. The van der Waals surface area contributed by atoms with Gasteiger partial charge in [-0.15, -0.1) is 0 Å². The van der Waals surface area contributed by atoms with Crippen LogP contribution >= 0.6 is 11.6 Å². The second kappa shape index (κ2) is 8.02. The Morgan fingerprint density at radius 1 is 1.15 bits per heavy atom. The highest BCUT2D eigenvalue weighted by molar-refractivity contribution is 7.90. The molecule has 1 fully saturated rings.